The highest BCUT2D eigenvalue weighted by molar-refractivity contribution is 5.75. The minimum atomic E-state index is -0.822. The van der Waals surface area contributed by atoms with Crippen LogP contribution in [-0.2, 0) is 0 Å². The molecule has 1 atom stereocenters. The van der Waals surface area contributed by atoms with Gasteiger partial charge in [-0.15, -0.1) is 0 Å². The molecule has 2 aliphatic heterocycles. The Balaban J connectivity index is 1.46. The predicted octanol–water partition coefficient (Wildman–Crippen LogP) is 1.72. The number of aromatic nitrogens is 2. The molecule has 0 radical (unpaired) electrons. The molecule has 1 amide bonds. The first kappa shape index (κ1) is 15.3. The zero-order chi connectivity index (χ0) is 16.7. The Bertz CT molecular complexity index is 804. The number of nitrogens with zero attached hydrogens (tertiary/aromatic N) is 3. The Hall–Kier alpha value is -2.28. The second-order valence-electron chi connectivity index (χ2n) is 6.76. The Morgan fingerprint density at radius 3 is 2.50 bits per heavy atom. The molecular formula is C17H22N4O3. The van der Waals surface area contributed by atoms with Crippen molar-refractivity contribution in [2.75, 3.05) is 26.2 Å². The zero-order valence-electron chi connectivity index (χ0n) is 13.5. The third kappa shape index (κ3) is 2.58. The average molecular weight is 330 g/mol. The second kappa shape index (κ2) is 5.98. The van der Waals surface area contributed by atoms with Crippen molar-refractivity contribution < 1.29 is 9.90 Å². The van der Waals surface area contributed by atoms with E-state index in [0.29, 0.717) is 19.1 Å². The Kier molecular flexibility index (Phi) is 3.80. The van der Waals surface area contributed by atoms with E-state index in [1.54, 1.807) is 0 Å². The number of aromatic amines is 1. The van der Waals surface area contributed by atoms with Gasteiger partial charge in [0.15, 0.2) is 0 Å². The van der Waals surface area contributed by atoms with Crippen molar-refractivity contribution >= 4 is 17.1 Å². The molecule has 0 bridgehead atoms. The van der Waals surface area contributed by atoms with Crippen LogP contribution in [0.3, 0.4) is 0 Å². The Morgan fingerprint density at radius 2 is 1.79 bits per heavy atom. The van der Waals surface area contributed by atoms with Gasteiger partial charge >= 0.3 is 11.8 Å². The number of nitrogens with one attached hydrogen (secondary N) is 1. The molecule has 0 aliphatic carbocycles. The molecule has 2 saturated heterocycles. The molecule has 7 heteroatoms. The van der Waals surface area contributed by atoms with Crippen molar-refractivity contribution in [3.05, 3.63) is 34.7 Å². The van der Waals surface area contributed by atoms with Crippen molar-refractivity contribution in [1.82, 2.24) is 19.4 Å². The summed E-state index contributed by atoms with van der Waals surface area (Å²) in [5.41, 5.74) is 1.82. The van der Waals surface area contributed by atoms with Gasteiger partial charge in [-0.05, 0) is 31.4 Å². The number of amides is 1. The molecule has 2 fully saturated rings. The van der Waals surface area contributed by atoms with Gasteiger partial charge in [-0.2, -0.15) is 0 Å². The van der Waals surface area contributed by atoms with Gasteiger partial charge in [0.2, 0.25) is 0 Å². The highest BCUT2D eigenvalue weighted by Crippen LogP contribution is 2.27. The number of fused-ring (bicyclic) bond motifs is 1. The highest BCUT2D eigenvalue weighted by atomic mass is 16.4. The number of carbonyl (C=O) groups is 1. The van der Waals surface area contributed by atoms with Crippen LogP contribution in [0.1, 0.15) is 25.3 Å². The van der Waals surface area contributed by atoms with Gasteiger partial charge in [-0.25, -0.2) is 9.59 Å². The number of hydrogen-bond acceptors (Lipinski definition) is 3. The van der Waals surface area contributed by atoms with Crippen LogP contribution in [0.4, 0.5) is 4.79 Å². The number of para-hydroxylation sites is 2. The third-order valence-corrected chi connectivity index (χ3v) is 5.44. The first-order chi connectivity index (χ1) is 11.6. The summed E-state index contributed by atoms with van der Waals surface area (Å²) in [5.74, 6) is 0. The monoisotopic (exact) mass is 330 g/mol. The van der Waals surface area contributed by atoms with Crippen LogP contribution < -0.4 is 5.69 Å². The number of carboxylic acid groups (broad SMARTS) is 1. The average Bonchev–Trinajstić information content (AvgIpc) is 3.19. The SMILES string of the molecule is O=C(O)N1CC[C@@H](N2CCC(n3c(=O)[nH]c4ccccc43)CC2)C1. The number of H-pyrrole nitrogens is 1. The minimum Gasteiger partial charge on any atom is -0.465 e. The summed E-state index contributed by atoms with van der Waals surface area (Å²) in [7, 11) is 0. The quantitative estimate of drug-likeness (QED) is 0.878. The van der Waals surface area contributed by atoms with Crippen LogP contribution in [0.2, 0.25) is 0 Å². The fourth-order valence-electron chi connectivity index (χ4n) is 4.16. The summed E-state index contributed by atoms with van der Waals surface area (Å²) in [6.07, 6.45) is 1.93. The second-order valence-corrected chi connectivity index (χ2v) is 6.76. The molecule has 0 unspecified atom stereocenters. The summed E-state index contributed by atoms with van der Waals surface area (Å²) in [6.45, 7) is 3.05. The topological polar surface area (TPSA) is 81.6 Å². The van der Waals surface area contributed by atoms with Gasteiger partial charge in [-0.1, -0.05) is 12.1 Å². The normalized spacial score (nSPS) is 23.2. The van der Waals surface area contributed by atoms with Crippen LogP contribution >= 0.6 is 0 Å². The molecule has 2 aliphatic rings. The first-order valence-electron chi connectivity index (χ1n) is 8.54. The van der Waals surface area contributed by atoms with Gasteiger partial charge < -0.3 is 15.0 Å². The smallest absolute Gasteiger partial charge is 0.407 e. The van der Waals surface area contributed by atoms with Gasteiger partial charge in [-0.3, -0.25) is 9.47 Å². The van der Waals surface area contributed by atoms with Crippen LogP contribution in [-0.4, -0.2) is 62.8 Å². The standard InChI is InChI=1S/C17H22N4O3/c22-16-18-14-3-1-2-4-15(14)21(16)12-5-8-19(9-6-12)13-7-10-20(11-13)17(23)24/h1-4,12-13H,5-11H2,(H,18,22)(H,23,24)/t13-/m1/s1. The molecule has 3 heterocycles. The number of hydrogen-bond donors (Lipinski definition) is 2. The highest BCUT2D eigenvalue weighted by Gasteiger charge is 2.33. The van der Waals surface area contributed by atoms with Crippen molar-refractivity contribution in [1.29, 1.82) is 0 Å². The predicted molar refractivity (Wildman–Crippen MR) is 90.4 cm³/mol. The summed E-state index contributed by atoms with van der Waals surface area (Å²) < 4.78 is 1.89. The molecule has 0 saturated carbocycles. The third-order valence-electron chi connectivity index (χ3n) is 5.44. The molecule has 2 aromatic rings. The lowest BCUT2D eigenvalue weighted by atomic mass is 10.0. The van der Waals surface area contributed by atoms with Crippen molar-refractivity contribution in [2.45, 2.75) is 31.3 Å². The van der Waals surface area contributed by atoms with Crippen molar-refractivity contribution in [3.63, 3.8) is 0 Å². The number of likely N-dealkylation sites (tertiary alicyclic amines) is 2. The van der Waals surface area contributed by atoms with Crippen LogP contribution in [0.15, 0.2) is 29.1 Å². The van der Waals surface area contributed by atoms with E-state index in [2.05, 4.69) is 9.88 Å². The minimum absolute atomic E-state index is 0.0347. The van der Waals surface area contributed by atoms with E-state index in [1.165, 1.54) is 4.90 Å². The lowest BCUT2D eigenvalue weighted by molar-refractivity contribution is 0.126. The molecule has 24 heavy (non-hydrogen) atoms. The summed E-state index contributed by atoms with van der Waals surface area (Å²) in [5, 5.41) is 9.09. The van der Waals surface area contributed by atoms with E-state index in [1.807, 2.05) is 28.8 Å². The van der Waals surface area contributed by atoms with Gasteiger partial charge in [0, 0.05) is 38.3 Å². The van der Waals surface area contributed by atoms with Crippen molar-refractivity contribution in [2.24, 2.45) is 0 Å². The number of piperidine rings is 1. The maximum atomic E-state index is 12.3. The Labute approximate surface area is 139 Å². The van der Waals surface area contributed by atoms with E-state index < -0.39 is 6.09 Å². The van der Waals surface area contributed by atoms with E-state index in [0.717, 1.165) is 43.4 Å². The van der Waals surface area contributed by atoms with E-state index in [9.17, 15) is 9.59 Å². The van der Waals surface area contributed by atoms with Crippen LogP contribution in [0.25, 0.3) is 11.0 Å². The summed E-state index contributed by atoms with van der Waals surface area (Å²) in [6, 6.07) is 8.34. The van der Waals surface area contributed by atoms with E-state index >= 15 is 0 Å². The zero-order valence-corrected chi connectivity index (χ0v) is 13.5. The fourth-order valence-corrected chi connectivity index (χ4v) is 4.16. The van der Waals surface area contributed by atoms with E-state index in [-0.39, 0.29) is 11.7 Å². The summed E-state index contributed by atoms with van der Waals surface area (Å²) in [4.78, 5) is 30.2. The number of rotatable bonds is 2. The molecule has 4 rings (SSSR count). The maximum absolute atomic E-state index is 12.3. The molecule has 0 spiro atoms. The molecule has 128 valence electrons. The summed E-state index contributed by atoms with van der Waals surface area (Å²) >= 11 is 0. The van der Waals surface area contributed by atoms with Gasteiger partial charge in [0.1, 0.15) is 0 Å². The Morgan fingerprint density at radius 1 is 1.08 bits per heavy atom. The molecule has 1 aromatic heterocycles. The van der Waals surface area contributed by atoms with Crippen molar-refractivity contribution in [3.8, 4) is 0 Å². The number of imidazole rings is 1. The van der Waals surface area contributed by atoms with Gasteiger partial charge in [0.25, 0.3) is 0 Å². The van der Waals surface area contributed by atoms with Gasteiger partial charge in [0.05, 0.1) is 11.0 Å². The lowest BCUT2D eigenvalue weighted by Crippen LogP contribution is -2.44. The van der Waals surface area contributed by atoms with E-state index in [4.69, 9.17) is 5.11 Å². The number of benzene rings is 1. The lowest BCUT2D eigenvalue weighted by Gasteiger charge is -2.36. The first-order valence-corrected chi connectivity index (χ1v) is 8.54. The van der Waals surface area contributed by atoms with Crippen LogP contribution in [0, 0.1) is 0 Å². The molecular weight excluding hydrogens is 308 g/mol. The fraction of sp³-hybridized carbons (Fsp3) is 0.529. The van der Waals surface area contributed by atoms with Crippen LogP contribution in [0.5, 0.6) is 0 Å². The maximum Gasteiger partial charge on any atom is 0.407 e. The molecule has 1 aromatic carbocycles. The largest absolute Gasteiger partial charge is 0.465 e. The molecule has 2 N–H and O–H groups in total. The molecule has 7 nitrogen and oxygen atoms in total.